The molecule has 2 nitrogen and oxygen atoms in total. The SMILES string of the molecule is ISN1CCOc2ccccc21. The Morgan fingerprint density at radius 2 is 2.25 bits per heavy atom. The van der Waals surface area contributed by atoms with Gasteiger partial charge < -0.3 is 9.04 Å². The lowest BCUT2D eigenvalue weighted by Crippen LogP contribution is -2.25. The molecule has 1 aliphatic heterocycles. The first-order valence-electron chi connectivity index (χ1n) is 3.70. The van der Waals surface area contributed by atoms with Crippen molar-refractivity contribution in [1.29, 1.82) is 0 Å². The summed E-state index contributed by atoms with van der Waals surface area (Å²) in [5.41, 5.74) is 1.18. The minimum Gasteiger partial charge on any atom is -0.489 e. The number of fused-ring (bicyclic) bond motifs is 1. The minimum atomic E-state index is 0.785. The Bertz CT molecular complexity index is 282. The molecular formula is C8H8INOS. The quantitative estimate of drug-likeness (QED) is 0.583. The topological polar surface area (TPSA) is 12.5 Å². The monoisotopic (exact) mass is 293 g/mol. The van der Waals surface area contributed by atoms with Crippen molar-refractivity contribution in [3.63, 3.8) is 0 Å². The standard InChI is InChI=1S/C8H8INOS/c9-12-10-5-6-11-8-4-2-1-3-7(8)10/h1-4H,5-6H2. The van der Waals surface area contributed by atoms with E-state index in [0.29, 0.717) is 0 Å². The fraction of sp³-hybridized carbons (Fsp3) is 0.250. The maximum atomic E-state index is 5.50. The van der Waals surface area contributed by atoms with E-state index in [1.807, 2.05) is 18.2 Å². The molecule has 0 saturated heterocycles. The molecule has 64 valence electrons. The predicted octanol–water partition coefficient (Wildman–Crippen LogP) is 2.88. The van der Waals surface area contributed by atoms with Gasteiger partial charge in [-0.15, -0.1) is 0 Å². The number of hydrogen-bond donors (Lipinski definition) is 0. The molecule has 0 radical (unpaired) electrons. The molecule has 0 spiro atoms. The zero-order valence-corrected chi connectivity index (χ0v) is 9.34. The summed E-state index contributed by atoms with van der Waals surface area (Å²) in [7, 11) is 1.71. The van der Waals surface area contributed by atoms with Gasteiger partial charge in [0.15, 0.2) is 0 Å². The van der Waals surface area contributed by atoms with Crippen LogP contribution in [0.3, 0.4) is 0 Å². The van der Waals surface area contributed by atoms with Crippen LogP contribution in [-0.4, -0.2) is 13.2 Å². The summed E-state index contributed by atoms with van der Waals surface area (Å²) >= 11 is 2.29. The third kappa shape index (κ3) is 1.50. The van der Waals surface area contributed by atoms with E-state index >= 15 is 0 Å². The van der Waals surface area contributed by atoms with E-state index in [1.54, 1.807) is 9.12 Å². The molecule has 12 heavy (non-hydrogen) atoms. The largest absolute Gasteiger partial charge is 0.489 e. The molecule has 4 heteroatoms. The van der Waals surface area contributed by atoms with E-state index in [4.69, 9.17) is 4.74 Å². The Morgan fingerprint density at radius 1 is 1.42 bits per heavy atom. The van der Waals surface area contributed by atoms with Crippen LogP contribution in [0.4, 0.5) is 5.69 Å². The van der Waals surface area contributed by atoms with Gasteiger partial charge >= 0.3 is 0 Å². The number of rotatable bonds is 1. The molecule has 0 amide bonds. The number of para-hydroxylation sites is 2. The fourth-order valence-electron chi connectivity index (χ4n) is 1.22. The Hall–Kier alpha value is -0.1000. The Morgan fingerprint density at radius 3 is 3.08 bits per heavy atom. The van der Waals surface area contributed by atoms with Crippen molar-refractivity contribution in [3.8, 4) is 5.75 Å². The first-order chi connectivity index (χ1) is 5.92. The highest BCUT2D eigenvalue weighted by molar-refractivity contribution is 14.2. The molecular weight excluding hydrogens is 285 g/mol. The van der Waals surface area contributed by atoms with Crippen molar-refractivity contribution >= 4 is 36.0 Å². The lowest BCUT2D eigenvalue weighted by molar-refractivity contribution is 0.318. The smallest absolute Gasteiger partial charge is 0.143 e. The molecule has 2 rings (SSSR count). The summed E-state index contributed by atoms with van der Waals surface area (Å²) in [6.45, 7) is 1.75. The zero-order valence-electron chi connectivity index (χ0n) is 6.37. The number of hydrogen-bond acceptors (Lipinski definition) is 3. The number of nitrogens with zero attached hydrogens (tertiary/aromatic N) is 1. The Kier molecular flexibility index (Phi) is 2.65. The van der Waals surface area contributed by atoms with Gasteiger partial charge in [-0.2, -0.15) is 0 Å². The van der Waals surface area contributed by atoms with Gasteiger partial charge in [0, 0.05) is 30.3 Å². The van der Waals surface area contributed by atoms with Crippen LogP contribution in [0.2, 0.25) is 0 Å². The molecule has 0 fully saturated rings. The first kappa shape index (κ1) is 8.50. The van der Waals surface area contributed by atoms with Gasteiger partial charge in [-0.25, -0.2) is 0 Å². The van der Waals surface area contributed by atoms with E-state index < -0.39 is 0 Å². The molecule has 0 saturated carbocycles. The molecule has 1 heterocycles. The van der Waals surface area contributed by atoms with Crippen molar-refractivity contribution in [2.45, 2.75) is 0 Å². The lowest BCUT2D eigenvalue weighted by atomic mass is 10.2. The molecule has 0 aromatic heterocycles. The lowest BCUT2D eigenvalue weighted by Gasteiger charge is -2.27. The average Bonchev–Trinajstić information content (AvgIpc) is 2.17. The van der Waals surface area contributed by atoms with E-state index in [-0.39, 0.29) is 0 Å². The van der Waals surface area contributed by atoms with Gasteiger partial charge in [0.1, 0.15) is 12.4 Å². The highest BCUT2D eigenvalue weighted by atomic mass is 127. The maximum absolute atomic E-state index is 5.50. The van der Waals surface area contributed by atoms with Crippen LogP contribution < -0.4 is 9.04 Å². The second kappa shape index (κ2) is 3.74. The van der Waals surface area contributed by atoms with Gasteiger partial charge in [-0.1, -0.05) is 12.1 Å². The second-order valence-corrected chi connectivity index (χ2v) is 4.25. The van der Waals surface area contributed by atoms with Crippen LogP contribution in [0.5, 0.6) is 5.75 Å². The van der Waals surface area contributed by atoms with Gasteiger partial charge in [-0.3, -0.25) is 0 Å². The molecule has 1 aromatic carbocycles. The molecule has 0 aliphatic carbocycles. The van der Waals surface area contributed by atoms with E-state index in [0.717, 1.165) is 18.9 Å². The molecule has 1 aromatic rings. The molecule has 0 atom stereocenters. The highest BCUT2D eigenvalue weighted by Gasteiger charge is 2.16. The number of halogens is 1. The van der Waals surface area contributed by atoms with Crippen LogP contribution in [0, 0.1) is 0 Å². The molecule has 0 bridgehead atoms. The van der Waals surface area contributed by atoms with Gasteiger partial charge in [0.2, 0.25) is 0 Å². The van der Waals surface area contributed by atoms with Gasteiger partial charge in [0.25, 0.3) is 0 Å². The third-order valence-electron chi connectivity index (χ3n) is 1.77. The summed E-state index contributed by atoms with van der Waals surface area (Å²) in [6, 6.07) is 8.13. The van der Waals surface area contributed by atoms with Crippen LogP contribution in [0.1, 0.15) is 0 Å². The normalized spacial score (nSPS) is 15.2. The molecule has 1 aliphatic rings. The second-order valence-electron chi connectivity index (χ2n) is 2.49. The van der Waals surface area contributed by atoms with Gasteiger partial charge in [0.05, 0.1) is 12.2 Å². The predicted molar refractivity (Wildman–Crippen MR) is 60.9 cm³/mol. The van der Waals surface area contributed by atoms with E-state index in [2.05, 4.69) is 31.6 Å². The van der Waals surface area contributed by atoms with Crippen LogP contribution in [0.25, 0.3) is 0 Å². The Balaban J connectivity index is 2.37. The minimum absolute atomic E-state index is 0.785. The van der Waals surface area contributed by atoms with Crippen molar-refractivity contribution in [1.82, 2.24) is 0 Å². The summed E-state index contributed by atoms with van der Waals surface area (Å²) in [6.07, 6.45) is 0. The fourth-order valence-corrected chi connectivity index (χ4v) is 2.81. The maximum Gasteiger partial charge on any atom is 0.143 e. The van der Waals surface area contributed by atoms with Crippen LogP contribution in [0.15, 0.2) is 24.3 Å². The number of benzene rings is 1. The Labute approximate surface area is 88.0 Å². The number of anilines is 1. The third-order valence-corrected chi connectivity index (χ3v) is 3.74. The van der Waals surface area contributed by atoms with Crippen molar-refractivity contribution in [2.24, 2.45) is 0 Å². The average molecular weight is 293 g/mol. The van der Waals surface area contributed by atoms with Crippen molar-refractivity contribution in [2.75, 3.05) is 17.5 Å². The summed E-state index contributed by atoms with van der Waals surface area (Å²) in [4.78, 5) is 0. The van der Waals surface area contributed by atoms with E-state index in [1.165, 1.54) is 5.69 Å². The zero-order chi connectivity index (χ0) is 8.39. The van der Waals surface area contributed by atoms with Crippen molar-refractivity contribution in [3.05, 3.63) is 24.3 Å². The molecule has 0 unspecified atom stereocenters. The number of ether oxygens (including phenoxy) is 1. The first-order valence-corrected chi connectivity index (χ1v) is 7.01. The van der Waals surface area contributed by atoms with Crippen LogP contribution in [-0.2, 0) is 0 Å². The van der Waals surface area contributed by atoms with Gasteiger partial charge in [-0.05, 0) is 12.1 Å². The van der Waals surface area contributed by atoms with Crippen LogP contribution >= 0.6 is 30.3 Å². The summed E-state index contributed by atoms with van der Waals surface area (Å²) < 4.78 is 7.73. The molecule has 0 N–H and O–H groups in total. The summed E-state index contributed by atoms with van der Waals surface area (Å²) in [5.74, 6) is 0.993. The van der Waals surface area contributed by atoms with Crippen molar-refractivity contribution < 1.29 is 4.74 Å². The van der Waals surface area contributed by atoms with E-state index in [9.17, 15) is 0 Å². The summed E-state index contributed by atoms with van der Waals surface area (Å²) in [5, 5.41) is 0. The highest BCUT2D eigenvalue weighted by Crippen LogP contribution is 2.36.